The van der Waals surface area contributed by atoms with Gasteiger partial charge in [0.15, 0.2) is 6.29 Å². The van der Waals surface area contributed by atoms with E-state index < -0.39 is 0 Å². The fraction of sp³-hybridized carbons (Fsp3) is 0.0476. The van der Waals surface area contributed by atoms with E-state index in [2.05, 4.69) is 30.1 Å². The Hall–Kier alpha value is -3.20. The number of aldehydes is 1. The first-order valence-corrected chi connectivity index (χ1v) is 7.76. The molecule has 0 aliphatic carbocycles. The van der Waals surface area contributed by atoms with Gasteiger partial charge in [-0.25, -0.2) is 4.98 Å². The van der Waals surface area contributed by atoms with Gasteiger partial charge in [0.25, 0.3) is 0 Å². The molecule has 2 aromatic heterocycles. The van der Waals surface area contributed by atoms with Crippen molar-refractivity contribution in [1.82, 2.24) is 4.98 Å². The highest BCUT2D eigenvalue weighted by atomic mass is 16.3. The maximum atomic E-state index is 10.9. The molecule has 0 N–H and O–H groups in total. The molecule has 116 valence electrons. The van der Waals surface area contributed by atoms with Gasteiger partial charge in [0.1, 0.15) is 5.76 Å². The van der Waals surface area contributed by atoms with Gasteiger partial charge in [-0.1, -0.05) is 48.5 Å². The summed E-state index contributed by atoms with van der Waals surface area (Å²) in [7, 11) is 0. The molecule has 0 aliphatic heterocycles. The highest BCUT2D eigenvalue weighted by Crippen LogP contribution is 2.34. The summed E-state index contributed by atoms with van der Waals surface area (Å²) in [4.78, 5) is 15.1. The average molecular weight is 313 g/mol. The lowest BCUT2D eigenvalue weighted by Gasteiger charge is -2.09. The van der Waals surface area contributed by atoms with Crippen molar-refractivity contribution in [2.45, 2.75) is 6.92 Å². The molecule has 24 heavy (non-hydrogen) atoms. The topological polar surface area (TPSA) is 43.1 Å². The number of carbonyl (C=O) groups excluding carboxylic acids is 1. The highest BCUT2D eigenvalue weighted by Gasteiger charge is 2.13. The van der Waals surface area contributed by atoms with Crippen LogP contribution in [-0.2, 0) is 0 Å². The molecule has 0 spiro atoms. The Kier molecular flexibility index (Phi) is 3.47. The summed E-state index contributed by atoms with van der Waals surface area (Å²) in [5, 5.41) is 0.833. The number of rotatable bonds is 3. The molecule has 4 rings (SSSR count). The summed E-state index contributed by atoms with van der Waals surface area (Å²) in [6.45, 7) is 2.09. The molecular weight excluding hydrogens is 298 g/mol. The number of hydrogen-bond donors (Lipinski definition) is 0. The second-order valence-electron chi connectivity index (χ2n) is 5.74. The van der Waals surface area contributed by atoms with E-state index in [4.69, 9.17) is 4.42 Å². The fourth-order valence-electron chi connectivity index (χ4n) is 2.98. The predicted molar refractivity (Wildman–Crippen MR) is 95.0 cm³/mol. The molecule has 4 aromatic rings. The zero-order valence-corrected chi connectivity index (χ0v) is 13.2. The molecule has 0 bridgehead atoms. The molecule has 0 unspecified atom stereocenters. The molecule has 2 aromatic carbocycles. The number of fused-ring (bicyclic) bond motifs is 1. The molecule has 0 fully saturated rings. The summed E-state index contributed by atoms with van der Waals surface area (Å²) >= 11 is 0. The lowest BCUT2D eigenvalue weighted by molar-refractivity contribution is 0.112. The standard InChI is InChI=1S/C21H15NO2/c1-14-18(16-6-3-2-4-7-16)8-5-9-19(14)20-11-17-10-15(13-23)12-22-21(17)24-20/h2-13H,1H3. The van der Waals surface area contributed by atoms with Gasteiger partial charge in [-0.05, 0) is 35.7 Å². The van der Waals surface area contributed by atoms with E-state index in [9.17, 15) is 4.79 Å². The maximum absolute atomic E-state index is 10.9. The van der Waals surface area contributed by atoms with Crippen molar-refractivity contribution in [1.29, 1.82) is 0 Å². The summed E-state index contributed by atoms with van der Waals surface area (Å²) in [5.74, 6) is 0.760. The van der Waals surface area contributed by atoms with Crippen molar-refractivity contribution in [3.63, 3.8) is 0 Å². The van der Waals surface area contributed by atoms with Crippen LogP contribution in [0.1, 0.15) is 15.9 Å². The number of furan rings is 1. The van der Waals surface area contributed by atoms with Crippen molar-refractivity contribution < 1.29 is 9.21 Å². The SMILES string of the molecule is Cc1c(-c2ccccc2)cccc1-c1cc2cc(C=O)cnc2o1. The number of aromatic nitrogens is 1. The zero-order chi connectivity index (χ0) is 16.5. The van der Waals surface area contributed by atoms with Gasteiger partial charge in [-0.3, -0.25) is 4.79 Å². The molecule has 0 amide bonds. The molecule has 3 nitrogen and oxygen atoms in total. The van der Waals surface area contributed by atoms with Crippen molar-refractivity contribution in [3.8, 4) is 22.5 Å². The van der Waals surface area contributed by atoms with Gasteiger partial charge in [0, 0.05) is 22.7 Å². The van der Waals surface area contributed by atoms with E-state index >= 15 is 0 Å². The predicted octanol–water partition coefficient (Wildman–Crippen LogP) is 5.28. The van der Waals surface area contributed by atoms with Crippen LogP contribution < -0.4 is 0 Å². The lowest BCUT2D eigenvalue weighted by Crippen LogP contribution is -1.87. The molecule has 3 heteroatoms. The monoisotopic (exact) mass is 313 g/mol. The van der Waals surface area contributed by atoms with Crippen LogP contribution in [0.5, 0.6) is 0 Å². The average Bonchev–Trinajstić information content (AvgIpc) is 3.05. The van der Waals surface area contributed by atoms with Crippen molar-refractivity contribution in [2.24, 2.45) is 0 Å². The normalized spacial score (nSPS) is 10.9. The Morgan fingerprint density at radius 2 is 1.75 bits per heavy atom. The zero-order valence-electron chi connectivity index (χ0n) is 13.2. The smallest absolute Gasteiger partial charge is 0.226 e. The van der Waals surface area contributed by atoms with Crippen molar-refractivity contribution in [2.75, 3.05) is 0 Å². The molecule has 0 saturated carbocycles. The third-order valence-corrected chi connectivity index (χ3v) is 4.21. The quantitative estimate of drug-likeness (QED) is 0.483. The van der Waals surface area contributed by atoms with Gasteiger partial charge in [0.2, 0.25) is 5.71 Å². The molecule has 0 saturated heterocycles. The van der Waals surface area contributed by atoms with Crippen LogP contribution in [0.2, 0.25) is 0 Å². The van der Waals surface area contributed by atoms with Gasteiger partial charge in [0.05, 0.1) is 0 Å². The summed E-state index contributed by atoms with van der Waals surface area (Å²) in [6, 6.07) is 20.2. The van der Waals surface area contributed by atoms with Crippen LogP contribution in [0.25, 0.3) is 33.6 Å². The second kappa shape index (κ2) is 5.78. The van der Waals surface area contributed by atoms with Gasteiger partial charge < -0.3 is 4.42 Å². The molecule has 0 atom stereocenters. The number of benzene rings is 2. The Balaban J connectivity index is 1.86. The third-order valence-electron chi connectivity index (χ3n) is 4.21. The first kappa shape index (κ1) is 14.4. The minimum atomic E-state index is 0.542. The first-order valence-electron chi connectivity index (χ1n) is 7.76. The fourth-order valence-corrected chi connectivity index (χ4v) is 2.98. The van der Waals surface area contributed by atoms with Gasteiger partial charge >= 0.3 is 0 Å². The number of hydrogen-bond acceptors (Lipinski definition) is 3. The molecular formula is C21H15NO2. The Labute approximate surface area is 139 Å². The first-order chi connectivity index (χ1) is 11.8. The maximum Gasteiger partial charge on any atom is 0.226 e. The lowest BCUT2D eigenvalue weighted by atomic mass is 9.95. The Morgan fingerprint density at radius 1 is 0.958 bits per heavy atom. The van der Waals surface area contributed by atoms with E-state index in [1.54, 1.807) is 6.07 Å². The van der Waals surface area contributed by atoms with E-state index in [0.29, 0.717) is 11.3 Å². The Bertz CT molecular complexity index is 1030. The van der Waals surface area contributed by atoms with Crippen LogP contribution in [0.3, 0.4) is 0 Å². The summed E-state index contributed by atoms with van der Waals surface area (Å²) in [5.41, 5.74) is 5.62. The summed E-state index contributed by atoms with van der Waals surface area (Å²) in [6.07, 6.45) is 2.32. The second-order valence-corrected chi connectivity index (χ2v) is 5.74. The largest absolute Gasteiger partial charge is 0.438 e. The molecule has 0 radical (unpaired) electrons. The van der Waals surface area contributed by atoms with Crippen LogP contribution >= 0.6 is 0 Å². The number of carbonyl (C=O) groups is 1. The van der Waals surface area contributed by atoms with Crippen LogP contribution in [-0.4, -0.2) is 11.3 Å². The minimum absolute atomic E-state index is 0.542. The van der Waals surface area contributed by atoms with E-state index in [-0.39, 0.29) is 0 Å². The van der Waals surface area contributed by atoms with Crippen molar-refractivity contribution >= 4 is 17.4 Å². The minimum Gasteiger partial charge on any atom is -0.438 e. The number of nitrogens with zero attached hydrogens (tertiary/aromatic N) is 1. The highest BCUT2D eigenvalue weighted by molar-refractivity contribution is 5.87. The Morgan fingerprint density at radius 3 is 2.54 bits per heavy atom. The van der Waals surface area contributed by atoms with Crippen LogP contribution in [0.4, 0.5) is 0 Å². The molecule has 0 aliphatic rings. The third kappa shape index (κ3) is 2.40. The van der Waals surface area contributed by atoms with E-state index in [1.165, 1.54) is 17.3 Å². The number of pyridine rings is 1. The van der Waals surface area contributed by atoms with Gasteiger partial charge in [-0.2, -0.15) is 0 Å². The van der Waals surface area contributed by atoms with Crippen LogP contribution in [0.15, 0.2) is 71.3 Å². The molecule has 2 heterocycles. The van der Waals surface area contributed by atoms with Gasteiger partial charge in [-0.15, -0.1) is 0 Å². The van der Waals surface area contributed by atoms with E-state index in [1.807, 2.05) is 36.4 Å². The van der Waals surface area contributed by atoms with E-state index in [0.717, 1.165) is 28.6 Å². The van der Waals surface area contributed by atoms with Crippen molar-refractivity contribution in [3.05, 3.63) is 78.0 Å². The summed E-state index contributed by atoms with van der Waals surface area (Å²) < 4.78 is 5.90. The van der Waals surface area contributed by atoms with Crippen LogP contribution in [0, 0.1) is 6.92 Å².